The highest BCUT2D eigenvalue weighted by molar-refractivity contribution is 6.01. The van der Waals surface area contributed by atoms with E-state index in [4.69, 9.17) is 0 Å². The standard InChI is InChI=1S/C55H104O6/c1-4-7-10-13-16-19-22-25-27-30-33-36-39-42-45-48-51(57)54(60)55(61,52(58)49-46-43-40-37-34-31-28-26-23-20-17-14-11-8-5-2)53(59)50(56)47-44-41-38-35-32-29-24-21-18-15-12-9-6-3/h26,28,53-54,59-61H,4-25,27,29-49H2,1-3H3. The summed E-state index contributed by atoms with van der Waals surface area (Å²) in [7, 11) is 0. The van der Waals surface area contributed by atoms with Gasteiger partial charge in [0, 0.05) is 19.3 Å². The van der Waals surface area contributed by atoms with E-state index in [1.807, 2.05) is 0 Å². The molecule has 0 fully saturated rings. The molecule has 61 heavy (non-hydrogen) atoms. The Morgan fingerprint density at radius 2 is 0.557 bits per heavy atom. The van der Waals surface area contributed by atoms with Gasteiger partial charge in [-0.1, -0.05) is 251 Å². The third kappa shape index (κ3) is 34.7. The number of rotatable bonds is 50. The average molecular weight is 861 g/mol. The molecule has 0 aliphatic rings. The van der Waals surface area contributed by atoms with Crippen molar-refractivity contribution in [3.05, 3.63) is 12.2 Å². The Kier molecular flexibility index (Phi) is 44.2. The van der Waals surface area contributed by atoms with Crippen molar-refractivity contribution >= 4 is 17.3 Å². The molecular formula is C55H104O6. The first kappa shape index (κ1) is 59.6. The van der Waals surface area contributed by atoms with Crippen molar-refractivity contribution in [2.75, 3.05) is 0 Å². The maximum absolute atomic E-state index is 13.6. The third-order valence-corrected chi connectivity index (χ3v) is 13.1. The zero-order valence-corrected chi connectivity index (χ0v) is 41.0. The second-order valence-electron chi connectivity index (χ2n) is 19.0. The van der Waals surface area contributed by atoms with Gasteiger partial charge >= 0.3 is 0 Å². The smallest absolute Gasteiger partial charge is 0.189 e. The molecule has 0 saturated heterocycles. The minimum absolute atomic E-state index is 0.0158. The number of allylic oxidation sites excluding steroid dienone is 2. The lowest BCUT2D eigenvalue weighted by molar-refractivity contribution is -0.181. The highest BCUT2D eigenvalue weighted by Crippen LogP contribution is 2.26. The zero-order chi connectivity index (χ0) is 44.9. The predicted octanol–water partition coefficient (Wildman–Crippen LogP) is 15.9. The van der Waals surface area contributed by atoms with Crippen LogP contribution in [0.25, 0.3) is 0 Å². The van der Waals surface area contributed by atoms with Crippen molar-refractivity contribution in [3.63, 3.8) is 0 Å². The van der Waals surface area contributed by atoms with Crippen molar-refractivity contribution in [1.29, 1.82) is 0 Å². The highest BCUT2D eigenvalue weighted by Gasteiger charge is 2.53. The van der Waals surface area contributed by atoms with Gasteiger partial charge in [0.05, 0.1) is 0 Å². The predicted molar refractivity (Wildman–Crippen MR) is 261 cm³/mol. The van der Waals surface area contributed by atoms with Gasteiger partial charge in [0.1, 0.15) is 0 Å². The second-order valence-corrected chi connectivity index (χ2v) is 19.0. The number of carbonyl (C=O) groups is 3. The molecule has 0 saturated carbocycles. The lowest BCUT2D eigenvalue weighted by Gasteiger charge is -2.34. The largest absolute Gasteiger partial charge is 0.382 e. The van der Waals surface area contributed by atoms with Crippen LogP contribution in [0.1, 0.15) is 303 Å². The Hall–Kier alpha value is -1.37. The Balaban J connectivity index is 4.77. The Morgan fingerprint density at radius 3 is 0.820 bits per heavy atom. The van der Waals surface area contributed by atoms with E-state index in [1.165, 1.54) is 167 Å². The normalized spacial score (nSPS) is 13.8. The molecule has 0 rings (SSSR count). The molecule has 6 heteroatoms. The van der Waals surface area contributed by atoms with Crippen molar-refractivity contribution in [2.45, 2.75) is 321 Å². The van der Waals surface area contributed by atoms with Gasteiger partial charge in [-0.3, -0.25) is 14.4 Å². The molecule has 6 nitrogen and oxygen atoms in total. The van der Waals surface area contributed by atoms with Crippen molar-refractivity contribution in [2.24, 2.45) is 0 Å². The van der Waals surface area contributed by atoms with Gasteiger partial charge in [-0.2, -0.15) is 0 Å². The molecule has 0 heterocycles. The summed E-state index contributed by atoms with van der Waals surface area (Å²) in [5.41, 5.74) is -2.80. The molecular weight excluding hydrogens is 757 g/mol. The molecule has 0 aromatic heterocycles. The number of unbranched alkanes of at least 4 members (excludes halogenated alkanes) is 37. The fourth-order valence-corrected chi connectivity index (χ4v) is 8.76. The molecule has 3 atom stereocenters. The van der Waals surface area contributed by atoms with Crippen LogP contribution < -0.4 is 0 Å². The molecule has 0 aliphatic carbocycles. The first-order valence-corrected chi connectivity index (χ1v) is 27.1. The van der Waals surface area contributed by atoms with E-state index in [2.05, 4.69) is 32.9 Å². The van der Waals surface area contributed by atoms with E-state index >= 15 is 0 Å². The summed E-state index contributed by atoms with van der Waals surface area (Å²) in [6.45, 7) is 6.75. The fourth-order valence-electron chi connectivity index (χ4n) is 8.76. The summed E-state index contributed by atoms with van der Waals surface area (Å²) >= 11 is 0. The Labute approximate surface area is 379 Å². The summed E-state index contributed by atoms with van der Waals surface area (Å²) in [6, 6.07) is 0. The molecule has 360 valence electrons. The first-order chi connectivity index (χ1) is 29.8. The van der Waals surface area contributed by atoms with Crippen LogP contribution in [0, 0.1) is 0 Å². The number of ketones is 3. The van der Waals surface area contributed by atoms with Crippen molar-refractivity contribution in [3.8, 4) is 0 Å². The topological polar surface area (TPSA) is 112 Å². The average Bonchev–Trinajstić information content (AvgIpc) is 3.26. The van der Waals surface area contributed by atoms with Crippen LogP contribution in [-0.2, 0) is 14.4 Å². The highest BCUT2D eigenvalue weighted by atomic mass is 16.4. The molecule has 0 aliphatic heterocycles. The van der Waals surface area contributed by atoms with Gasteiger partial charge in [-0.15, -0.1) is 0 Å². The van der Waals surface area contributed by atoms with Gasteiger partial charge in [0.2, 0.25) is 0 Å². The summed E-state index contributed by atoms with van der Waals surface area (Å²) in [5.74, 6) is -2.13. The van der Waals surface area contributed by atoms with Crippen LogP contribution in [-0.4, -0.2) is 50.5 Å². The Morgan fingerprint density at radius 1 is 0.344 bits per heavy atom. The maximum Gasteiger partial charge on any atom is 0.189 e. The fraction of sp³-hybridized carbons (Fsp3) is 0.909. The van der Waals surface area contributed by atoms with E-state index in [0.29, 0.717) is 19.3 Å². The summed E-state index contributed by atoms with van der Waals surface area (Å²) < 4.78 is 0. The van der Waals surface area contributed by atoms with Crippen molar-refractivity contribution < 1.29 is 29.7 Å². The molecule has 0 amide bonds. The van der Waals surface area contributed by atoms with E-state index in [-0.39, 0.29) is 19.3 Å². The minimum atomic E-state index is -2.80. The zero-order valence-electron chi connectivity index (χ0n) is 41.0. The number of aliphatic hydroxyl groups excluding tert-OH is 2. The second kappa shape index (κ2) is 45.2. The van der Waals surface area contributed by atoms with Gasteiger partial charge in [-0.05, 0) is 44.9 Å². The number of hydrogen-bond acceptors (Lipinski definition) is 6. The SMILES string of the molecule is CCCCCCCCC=CCCCCCCCC(=O)C(O)(C(O)C(=O)CCCCCCCCCCCCCCC)C(O)C(=O)CCCCCCCCCCCCCCCCC. The molecule has 3 unspecified atom stereocenters. The lowest BCUT2D eigenvalue weighted by Crippen LogP contribution is -2.63. The summed E-state index contributed by atoms with van der Waals surface area (Å²) in [5, 5.41) is 34.1. The lowest BCUT2D eigenvalue weighted by atomic mass is 9.78. The van der Waals surface area contributed by atoms with Crippen LogP contribution >= 0.6 is 0 Å². The molecule has 0 aromatic carbocycles. The van der Waals surface area contributed by atoms with E-state index < -0.39 is 35.2 Å². The van der Waals surface area contributed by atoms with Gasteiger partial charge in [-0.25, -0.2) is 0 Å². The van der Waals surface area contributed by atoms with Crippen LogP contribution in [0.5, 0.6) is 0 Å². The molecule has 0 spiro atoms. The number of carbonyl (C=O) groups excluding carboxylic acids is 3. The number of Topliss-reactive ketones (excluding diaryl/α,β-unsaturated/α-hetero) is 3. The molecule has 0 bridgehead atoms. The third-order valence-electron chi connectivity index (χ3n) is 13.1. The minimum Gasteiger partial charge on any atom is -0.382 e. The number of hydrogen-bond donors (Lipinski definition) is 3. The van der Waals surface area contributed by atoms with Gasteiger partial charge in [0.15, 0.2) is 35.2 Å². The Bertz CT molecular complexity index is 1010. The molecule has 0 aromatic rings. The van der Waals surface area contributed by atoms with Crippen LogP contribution in [0.2, 0.25) is 0 Å². The first-order valence-electron chi connectivity index (χ1n) is 27.1. The monoisotopic (exact) mass is 861 g/mol. The van der Waals surface area contributed by atoms with Crippen LogP contribution in [0.3, 0.4) is 0 Å². The van der Waals surface area contributed by atoms with Crippen molar-refractivity contribution in [1.82, 2.24) is 0 Å². The molecule has 3 N–H and O–H groups in total. The maximum atomic E-state index is 13.6. The van der Waals surface area contributed by atoms with Crippen LogP contribution in [0.4, 0.5) is 0 Å². The number of aliphatic hydroxyl groups is 3. The van der Waals surface area contributed by atoms with Gasteiger partial charge < -0.3 is 15.3 Å². The molecule has 0 radical (unpaired) electrons. The summed E-state index contributed by atoms with van der Waals surface area (Å²) in [6.07, 6.45) is 47.8. The van der Waals surface area contributed by atoms with E-state index in [0.717, 1.165) is 77.0 Å². The summed E-state index contributed by atoms with van der Waals surface area (Å²) in [4.78, 5) is 40.1. The quantitative estimate of drug-likeness (QED) is 0.0415. The van der Waals surface area contributed by atoms with E-state index in [1.54, 1.807) is 0 Å². The van der Waals surface area contributed by atoms with Crippen LogP contribution in [0.15, 0.2) is 12.2 Å². The van der Waals surface area contributed by atoms with Gasteiger partial charge in [0.25, 0.3) is 0 Å². The van der Waals surface area contributed by atoms with E-state index in [9.17, 15) is 29.7 Å².